The maximum atomic E-state index is 14.6. The maximum Gasteiger partial charge on any atom is 0.313 e. The number of aliphatic hydroxyl groups is 1. The van der Waals surface area contributed by atoms with Crippen LogP contribution in [0.2, 0.25) is 0 Å². The molecule has 5 heterocycles. The molecular formula is C29H35N5O6. The predicted molar refractivity (Wildman–Crippen MR) is 143 cm³/mol. The van der Waals surface area contributed by atoms with Crippen LogP contribution < -0.4 is 0 Å². The third kappa shape index (κ3) is 3.74. The molecule has 0 saturated carbocycles. The number of carbonyl (C=O) groups excluding carboxylic acids is 3. The Balaban J connectivity index is 1.48. The van der Waals surface area contributed by atoms with Crippen molar-refractivity contribution in [1.29, 1.82) is 0 Å². The van der Waals surface area contributed by atoms with Crippen molar-refractivity contribution in [2.75, 3.05) is 19.8 Å². The van der Waals surface area contributed by atoms with Gasteiger partial charge < -0.3 is 24.4 Å². The molecule has 2 fully saturated rings. The van der Waals surface area contributed by atoms with Gasteiger partial charge in [0.25, 0.3) is 5.91 Å². The van der Waals surface area contributed by atoms with Crippen molar-refractivity contribution < 1.29 is 29.0 Å². The van der Waals surface area contributed by atoms with E-state index in [0.29, 0.717) is 18.4 Å². The zero-order chi connectivity index (χ0) is 28.2. The van der Waals surface area contributed by atoms with E-state index in [-0.39, 0.29) is 44.2 Å². The molecule has 2 aromatic rings. The molecule has 4 aliphatic heterocycles. The van der Waals surface area contributed by atoms with Gasteiger partial charge in [0.1, 0.15) is 35.3 Å². The second kappa shape index (κ2) is 9.81. The summed E-state index contributed by atoms with van der Waals surface area (Å²) in [6.07, 6.45) is 8.41. The highest BCUT2D eigenvalue weighted by Gasteiger charge is 2.76. The Morgan fingerprint density at radius 3 is 2.65 bits per heavy atom. The number of cyclic esters (lactones) is 1. The number of aromatic nitrogens is 3. The average Bonchev–Trinajstić information content (AvgIpc) is 3.50. The number of para-hydroxylation sites is 1. The van der Waals surface area contributed by atoms with Crippen molar-refractivity contribution in [2.24, 2.45) is 17.8 Å². The number of hydrogen-bond acceptors (Lipinski definition) is 8. The smallest absolute Gasteiger partial charge is 0.313 e. The number of fused-ring (bicyclic) bond motifs is 3. The highest BCUT2D eigenvalue weighted by Crippen LogP contribution is 2.58. The molecule has 1 aromatic heterocycles. The first kappa shape index (κ1) is 26.6. The molecule has 6 rings (SSSR count). The van der Waals surface area contributed by atoms with E-state index in [2.05, 4.69) is 10.3 Å². The first-order valence-corrected chi connectivity index (χ1v) is 14.0. The van der Waals surface area contributed by atoms with E-state index in [0.717, 1.165) is 5.52 Å². The Morgan fingerprint density at radius 2 is 1.90 bits per heavy atom. The number of aliphatic hydroxyl groups excluding tert-OH is 1. The Kier molecular flexibility index (Phi) is 6.53. The first-order valence-electron chi connectivity index (χ1n) is 14.0. The number of benzene rings is 1. The van der Waals surface area contributed by atoms with E-state index in [1.165, 1.54) is 4.90 Å². The Labute approximate surface area is 232 Å². The van der Waals surface area contributed by atoms with Gasteiger partial charge in [0.2, 0.25) is 5.91 Å². The highest BCUT2D eigenvalue weighted by molar-refractivity contribution is 5.99. The van der Waals surface area contributed by atoms with Gasteiger partial charge in [0, 0.05) is 6.54 Å². The quantitative estimate of drug-likeness (QED) is 0.426. The summed E-state index contributed by atoms with van der Waals surface area (Å²) in [6, 6.07) is 5.76. The molecule has 2 saturated heterocycles. The topological polar surface area (TPSA) is 127 Å². The van der Waals surface area contributed by atoms with Crippen molar-refractivity contribution in [3.8, 4) is 0 Å². The first-order chi connectivity index (χ1) is 19.3. The minimum absolute atomic E-state index is 0.110. The molecule has 2 amide bonds. The zero-order valence-electron chi connectivity index (χ0n) is 23.0. The largest absolute Gasteiger partial charge is 0.465 e. The van der Waals surface area contributed by atoms with E-state index in [9.17, 15) is 19.5 Å². The third-order valence-electron chi connectivity index (χ3n) is 8.96. The Bertz CT molecular complexity index is 1400. The van der Waals surface area contributed by atoms with Crippen LogP contribution in [-0.4, -0.2) is 90.7 Å². The van der Waals surface area contributed by atoms with Crippen LogP contribution in [0.3, 0.4) is 0 Å². The molecule has 11 heteroatoms. The van der Waals surface area contributed by atoms with Crippen LogP contribution in [-0.2, 0) is 30.5 Å². The van der Waals surface area contributed by atoms with Crippen LogP contribution in [0.1, 0.15) is 33.6 Å². The lowest BCUT2D eigenvalue weighted by molar-refractivity contribution is -0.164. The van der Waals surface area contributed by atoms with E-state index >= 15 is 0 Å². The minimum Gasteiger partial charge on any atom is -0.465 e. The van der Waals surface area contributed by atoms with Gasteiger partial charge in [-0.15, -0.1) is 5.10 Å². The summed E-state index contributed by atoms with van der Waals surface area (Å²) in [5.41, 5.74) is -1.03. The number of rotatable bonds is 6. The van der Waals surface area contributed by atoms with Crippen molar-refractivity contribution >= 4 is 28.8 Å². The van der Waals surface area contributed by atoms with Crippen LogP contribution >= 0.6 is 0 Å². The third-order valence-corrected chi connectivity index (χ3v) is 8.96. The van der Waals surface area contributed by atoms with Crippen molar-refractivity contribution in [2.45, 2.75) is 63.6 Å². The summed E-state index contributed by atoms with van der Waals surface area (Å²) in [4.78, 5) is 45.6. The molecule has 1 unspecified atom stereocenters. The number of likely N-dealkylation sites (tertiary alicyclic amines) is 1. The van der Waals surface area contributed by atoms with E-state index in [1.54, 1.807) is 15.7 Å². The number of hydrogen-bond donors (Lipinski definition) is 1. The zero-order valence-corrected chi connectivity index (χ0v) is 23.0. The molecule has 11 nitrogen and oxygen atoms in total. The lowest BCUT2D eigenvalue weighted by Gasteiger charge is -2.41. The molecule has 4 aliphatic rings. The summed E-state index contributed by atoms with van der Waals surface area (Å²) in [5, 5.41) is 18.9. The fourth-order valence-corrected chi connectivity index (χ4v) is 7.00. The lowest BCUT2D eigenvalue weighted by Crippen LogP contribution is -2.60. The number of esters is 1. The molecule has 0 bridgehead atoms. The van der Waals surface area contributed by atoms with Gasteiger partial charge in [0.15, 0.2) is 0 Å². The number of carbonyl (C=O) groups is 3. The Morgan fingerprint density at radius 1 is 1.10 bits per heavy atom. The predicted octanol–water partition coefficient (Wildman–Crippen LogP) is 1.67. The molecule has 6 atom stereocenters. The monoisotopic (exact) mass is 549 g/mol. The van der Waals surface area contributed by atoms with Gasteiger partial charge >= 0.3 is 5.97 Å². The van der Waals surface area contributed by atoms with Gasteiger partial charge in [0.05, 0.1) is 30.7 Å². The van der Waals surface area contributed by atoms with Crippen molar-refractivity contribution in [3.05, 3.63) is 48.6 Å². The molecule has 0 radical (unpaired) electrons. The highest BCUT2D eigenvalue weighted by atomic mass is 16.6. The number of ether oxygens (including phenoxy) is 2. The molecular weight excluding hydrogens is 514 g/mol. The van der Waals surface area contributed by atoms with Crippen LogP contribution in [0.4, 0.5) is 0 Å². The normalized spacial score (nSPS) is 32.5. The summed E-state index contributed by atoms with van der Waals surface area (Å²) in [6.45, 7) is 5.95. The van der Waals surface area contributed by atoms with Crippen LogP contribution in [0.25, 0.3) is 11.0 Å². The molecule has 40 heavy (non-hydrogen) atoms. The fraction of sp³-hybridized carbons (Fsp3) is 0.552. The van der Waals surface area contributed by atoms with Crippen molar-refractivity contribution in [3.63, 3.8) is 0 Å². The van der Waals surface area contributed by atoms with Gasteiger partial charge in [-0.1, -0.05) is 62.4 Å². The fourth-order valence-electron chi connectivity index (χ4n) is 7.00. The van der Waals surface area contributed by atoms with E-state index < -0.39 is 41.1 Å². The molecule has 1 aromatic carbocycles. The minimum atomic E-state index is -1.41. The van der Waals surface area contributed by atoms with Gasteiger partial charge in [-0.3, -0.25) is 14.4 Å². The number of nitrogens with zero attached hydrogens (tertiary/aromatic N) is 5. The van der Waals surface area contributed by atoms with Crippen LogP contribution in [0.15, 0.2) is 48.6 Å². The van der Waals surface area contributed by atoms with E-state index in [4.69, 9.17) is 9.47 Å². The van der Waals surface area contributed by atoms with Gasteiger partial charge in [-0.05, 0) is 30.9 Å². The average molecular weight is 550 g/mol. The van der Waals surface area contributed by atoms with Gasteiger partial charge in [-0.25, -0.2) is 4.68 Å². The summed E-state index contributed by atoms with van der Waals surface area (Å²) >= 11 is 0. The molecule has 1 N–H and O–H groups in total. The van der Waals surface area contributed by atoms with E-state index in [1.807, 2.05) is 63.3 Å². The summed E-state index contributed by atoms with van der Waals surface area (Å²) < 4.78 is 14.1. The lowest BCUT2D eigenvalue weighted by atomic mass is 9.73. The molecule has 212 valence electrons. The standard InChI is InChI=1S/C29H35N5O6/c1-4-28-12-7-8-15-39-27(38)23(28)22-25(36)34(21(16-35)18(2)3)24-26(37)32(14-9-13-29(22,24)40-28)17-33-20-11-6-5-10-19(20)30-31-33/h5-7,9-13,18,21-24,35H,4,8,14-17H2,1-3H3/t21-,22-,23-,24?,28+,29-/m0/s1. The van der Waals surface area contributed by atoms with Gasteiger partial charge in [-0.2, -0.15) is 0 Å². The Hall–Kier alpha value is -3.57. The molecule has 1 spiro atoms. The van der Waals surface area contributed by atoms with Crippen LogP contribution in [0, 0.1) is 17.8 Å². The maximum absolute atomic E-state index is 14.6. The van der Waals surface area contributed by atoms with Crippen molar-refractivity contribution in [1.82, 2.24) is 24.8 Å². The number of amides is 2. The second-order valence-corrected chi connectivity index (χ2v) is 11.4. The second-order valence-electron chi connectivity index (χ2n) is 11.4. The van der Waals surface area contributed by atoms with Crippen LogP contribution in [0.5, 0.6) is 0 Å². The molecule has 0 aliphatic carbocycles. The SMILES string of the molecule is CC[C@@]12C=CCCOC(=O)[C@@H]1[C@H]1C(=O)N([C@@H](CO)C(C)C)C3C(=O)N(Cn4nnc5ccccc54)CC=C[C@@]31O2. The summed E-state index contributed by atoms with van der Waals surface area (Å²) in [5.74, 6) is -3.27. The summed E-state index contributed by atoms with van der Waals surface area (Å²) in [7, 11) is 0.